The summed E-state index contributed by atoms with van der Waals surface area (Å²) in [6, 6.07) is 8.96. The van der Waals surface area contributed by atoms with Crippen molar-refractivity contribution < 1.29 is 14.4 Å². The zero-order valence-corrected chi connectivity index (χ0v) is 20.2. The third-order valence-electron chi connectivity index (χ3n) is 7.43. The molecular formula is C26H35N5O3. The van der Waals surface area contributed by atoms with Gasteiger partial charge in [-0.05, 0) is 24.3 Å². The molecule has 0 bridgehead atoms. The van der Waals surface area contributed by atoms with Crippen LogP contribution in [0.4, 0.5) is 4.79 Å². The average molecular weight is 466 g/mol. The maximum atomic E-state index is 13.7. The Kier molecular flexibility index (Phi) is 7.42. The Morgan fingerprint density at radius 1 is 1.21 bits per heavy atom. The minimum absolute atomic E-state index is 0.0147. The molecule has 3 fully saturated rings. The number of carbonyl (C=O) groups is 3. The Hall–Kier alpha value is -3.05. The van der Waals surface area contributed by atoms with Gasteiger partial charge in [0.15, 0.2) is 0 Å². The number of hydrogen-bond donors (Lipinski definition) is 1. The van der Waals surface area contributed by atoms with Crippen LogP contribution >= 0.6 is 0 Å². The zero-order chi connectivity index (χ0) is 24.2. The Morgan fingerprint density at radius 3 is 2.56 bits per heavy atom. The third-order valence-corrected chi connectivity index (χ3v) is 7.43. The van der Waals surface area contributed by atoms with Crippen LogP contribution in [0.3, 0.4) is 0 Å². The fourth-order valence-electron chi connectivity index (χ4n) is 5.49. The lowest BCUT2D eigenvalue weighted by molar-refractivity contribution is -0.194. The van der Waals surface area contributed by atoms with E-state index in [4.69, 9.17) is 6.42 Å². The summed E-state index contributed by atoms with van der Waals surface area (Å²) in [5.41, 5.74) is 0.980. The van der Waals surface area contributed by atoms with Crippen molar-refractivity contribution in [2.75, 3.05) is 19.6 Å². The summed E-state index contributed by atoms with van der Waals surface area (Å²) < 4.78 is 0. The first-order valence-corrected chi connectivity index (χ1v) is 12.4. The molecule has 8 heteroatoms. The fraction of sp³-hybridized carbons (Fsp3) is 0.577. The molecule has 0 spiro atoms. The second-order valence-electron chi connectivity index (χ2n) is 9.56. The van der Waals surface area contributed by atoms with Crippen LogP contribution < -0.4 is 5.32 Å². The van der Waals surface area contributed by atoms with E-state index in [0.717, 1.165) is 37.7 Å². The molecule has 1 unspecified atom stereocenters. The molecule has 4 rings (SSSR count). The minimum atomic E-state index is -0.581. The van der Waals surface area contributed by atoms with E-state index in [1.54, 1.807) is 14.9 Å². The molecule has 3 atom stereocenters. The van der Waals surface area contributed by atoms with Gasteiger partial charge in [-0.3, -0.25) is 9.59 Å². The van der Waals surface area contributed by atoms with Crippen molar-refractivity contribution in [2.45, 2.75) is 70.7 Å². The van der Waals surface area contributed by atoms with Crippen LogP contribution in [0, 0.1) is 18.3 Å². The maximum absolute atomic E-state index is 13.7. The molecule has 0 radical (unpaired) electrons. The SMILES string of the molecule is C#CCN1CC(=O)N2[C@@H](C(C)CC)C(=O)N(C3CCCC3)C[C@@H]2N1C(=O)NCc1ccccc1. The number of fused-ring (bicyclic) bond motifs is 1. The second-order valence-corrected chi connectivity index (χ2v) is 9.56. The molecule has 0 aromatic heterocycles. The van der Waals surface area contributed by atoms with Gasteiger partial charge in [0, 0.05) is 12.6 Å². The van der Waals surface area contributed by atoms with E-state index in [2.05, 4.69) is 11.2 Å². The van der Waals surface area contributed by atoms with Crippen molar-refractivity contribution in [1.29, 1.82) is 0 Å². The van der Waals surface area contributed by atoms with Crippen LogP contribution in [-0.4, -0.2) is 75.5 Å². The van der Waals surface area contributed by atoms with Crippen molar-refractivity contribution in [3.05, 3.63) is 35.9 Å². The highest BCUT2D eigenvalue weighted by molar-refractivity contribution is 5.92. The fourth-order valence-corrected chi connectivity index (χ4v) is 5.49. The van der Waals surface area contributed by atoms with Crippen LogP contribution in [0.1, 0.15) is 51.5 Å². The molecule has 182 valence electrons. The average Bonchev–Trinajstić information content (AvgIpc) is 3.38. The van der Waals surface area contributed by atoms with Gasteiger partial charge in [0.2, 0.25) is 11.8 Å². The standard InChI is InChI=1S/C26H35N5O3/c1-4-15-28-18-23(32)30-22(31(28)26(34)27-16-20-11-7-6-8-12-20)17-29(21-13-9-10-14-21)25(33)24(30)19(3)5-2/h1,6-8,11-12,19,21-22,24H,5,9-10,13-18H2,2-3H3,(H,27,34)/t19?,22-,24-/m0/s1. The van der Waals surface area contributed by atoms with Gasteiger partial charge in [-0.15, -0.1) is 6.42 Å². The number of carbonyl (C=O) groups excluding carboxylic acids is 3. The summed E-state index contributed by atoms with van der Waals surface area (Å²) in [7, 11) is 0. The number of urea groups is 1. The predicted octanol–water partition coefficient (Wildman–Crippen LogP) is 2.42. The van der Waals surface area contributed by atoms with Gasteiger partial charge in [0.05, 0.1) is 19.6 Å². The minimum Gasteiger partial charge on any atom is -0.334 e. The van der Waals surface area contributed by atoms with E-state index in [-0.39, 0.29) is 42.9 Å². The number of nitrogens with one attached hydrogen (secondary N) is 1. The lowest BCUT2D eigenvalue weighted by Gasteiger charge is -2.56. The van der Waals surface area contributed by atoms with E-state index in [1.165, 1.54) is 0 Å². The first kappa shape index (κ1) is 24.1. The number of terminal acetylenes is 1. The molecule has 1 aromatic carbocycles. The third kappa shape index (κ3) is 4.62. The summed E-state index contributed by atoms with van der Waals surface area (Å²) in [4.78, 5) is 44.2. The first-order valence-electron chi connectivity index (χ1n) is 12.4. The topological polar surface area (TPSA) is 76.2 Å². The number of rotatable bonds is 6. The van der Waals surface area contributed by atoms with Crippen LogP contribution in [0.5, 0.6) is 0 Å². The molecular weight excluding hydrogens is 430 g/mol. The summed E-state index contributed by atoms with van der Waals surface area (Å²) in [6.45, 7) is 4.83. The molecule has 34 heavy (non-hydrogen) atoms. The van der Waals surface area contributed by atoms with E-state index in [9.17, 15) is 14.4 Å². The molecule has 1 aromatic rings. The van der Waals surface area contributed by atoms with E-state index < -0.39 is 12.2 Å². The van der Waals surface area contributed by atoms with Crippen molar-refractivity contribution in [2.24, 2.45) is 5.92 Å². The molecule has 1 saturated carbocycles. The number of amides is 4. The largest absolute Gasteiger partial charge is 0.334 e. The van der Waals surface area contributed by atoms with Crippen LogP contribution in [0.15, 0.2) is 30.3 Å². The van der Waals surface area contributed by atoms with E-state index >= 15 is 0 Å². The number of piperazine rings is 1. The molecule has 1 aliphatic carbocycles. The zero-order valence-electron chi connectivity index (χ0n) is 20.2. The normalized spacial score (nSPS) is 24.7. The number of hydrazine groups is 1. The highest BCUT2D eigenvalue weighted by atomic mass is 16.2. The van der Waals surface area contributed by atoms with E-state index in [0.29, 0.717) is 13.1 Å². The Labute approximate surface area is 202 Å². The summed E-state index contributed by atoms with van der Waals surface area (Å²) in [5.74, 6) is 2.43. The van der Waals surface area contributed by atoms with Crippen molar-refractivity contribution in [1.82, 2.24) is 25.1 Å². The number of benzene rings is 1. The lowest BCUT2D eigenvalue weighted by atomic mass is 9.91. The molecule has 3 aliphatic rings. The number of nitrogens with zero attached hydrogens (tertiary/aromatic N) is 4. The lowest BCUT2D eigenvalue weighted by Crippen LogP contribution is -2.77. The van der Waals surface area contributed by atoms with E-state index in [1.807, 2.05) is 49.1 Å². The van der Waals surface area contributed by atoms with Crippen LogP contribution in [-0.2, 0) is 16.1 Å². The molecule has 4 amide bonds. The second kappa shape index (κ2) is 10.5. The summed E-state index contributed by atoms with van der Waals surface area (Å²) in [6.07, 6.45) is 9.92. The molecule has 2 saturated heterocycles. The molecule has 2 heterocycles. The number of hydrogen-bond acceptors (Lipinski definition) is 4. The first-order chi connectivity index (χ1) is 16.5. The summed E-state index contributed by atoms with van der Waals surface area (Å²) >= 11 is 0. The van der Waals surface area contributed by atoms with Crippen molar-refractivity contribution in [3.63, 3.8) is 0 Å². The molecule has 1 N–H and O–H groups in total. The molecule has 8 nitrogen and oxygen atoms in total. The van der Waals surface area contributed by atoms with Gasteiger partial charge in [0.25, 0.3) is 0 Å². The highest BCUT2D eigenvalue weighted by Crippen LogP contribution is 2.34. The van der Waals surface area contributed by atoms with Gasteiger partial charge in [0.1, 0.15) is 12.2 Å². The quantitative estimate of drug-likeness (QED) is 0.655. The van der Waals surface area contributed by atoms with Crippen LogP contribution in [0.25, 0.3) is 0 Å². The predicted molar refractivity (Wildman–Crippen MR) is 129 cm³/mol. The monoisotopic (exact) mass is 465 g/mol. The Bertz CT molecular complexity index is 940. The summed E-state index contributed by atoms with van der Waals surface area (Å²) in [5, 5.41) is 6.22. The molecule has 2 aliphatic heterocycles. The van der Waals surface area contributed by atoms with Crippen LogP contribution in [0.2, 0.25) is 0 Å². The smallest absolute Gasteiger partial charge is 0.334 e. The van der Waals surface area contributed by atoms with Crippen molar-refractivity contribution >= 4 is 17.8 Å². The van der Waals surface area contributed by atoms with Crippen molar-refractivity contribution in [3.8, 4) is 12.3 Å². The Morgan fingerprint density at radius 2 is 1.91 bits per heavy atom. The van der Waals surface area contributed by atoms with Gasteiger partial charge in [-0.2, -0.15) is 5.01 Å². The maximum Gasteiger partial charge on any atom is 0.334 e. The van der Waals surface area contributed by atoms with Gasteiger partial charge >= 0.3 is 6.03 Å². The highest BCUT2D eigenvalue weighted by Gasteiger charge is 2.53. The van der Waals surface area contributed by atoms with Gasteiger partial charge in [-0.1, -0.05) is 69.4 Å². The Balaban J connectivity index is 1.66. The van der Waals surface area contributed by atoms with Gasteiger partial charge < -0.3 is 15.1 Å². The van der Waals surface area contributed by atoms with Gasteiger partial charge in [-0.25, -0.2) is 9.80 Å².